The van der Waals surface area contributed by atoms with Gasteiger partial charge in [0.1, 0.15) is 6.61 Å². The molecule has 0 atom stereocenters. The third-order valence-corrected chi connectivity index (χ3v) is 4.91. The second-order valence-corrected chi connectivity index (χ2v) is 7.55. The van der Waals surface area contributed by atoms with Gasteiger partial charge in [0.15, 0.2) is 11.5 Å². The quantitative estimate of drug-likeness (QED) is 0.473. The van der Waals surface area contributed by atoms with Gasteiger partial charge in [0.05, 0.1) is 12.1 Å². The average Bonchev–Trinajstić information content (AvgIpc) is 2.69. The first-order chi connectivity index (χ1) is 13.5. The van der Waals surface area contributed by atoms with Crippen LogP contribution in [0.25, 0.3) is 0 Å². The van der Waals surface area contributed by atoms with Crippen LogP contribution < -0.4 is 14.8 Å². The van der Waals surface area contributed by atoms with E-state index in [-0.39, 0.29) is 5.91 Å². The number of hydrogen-bond acceptors (Lipinski definition) is 3. The van der Waals surface area contributed by atoms with Crippen molar-refractivity contribution in [1.29, 1.82) is 0 Å². The lowest BCUT2D eigenvalue weighted by molar-refractivity contribution is 0.102. The second-order valence-electron chi connectivity index (χ2n) is 6.22. The van der Waals surface area contributed by atoms with Gasteiger partial charge in [0.2, 0.25) is 0 Å². The van der Waals surface area contributed by atoms with Gasteiger partial charge in [-0.3, -0.25) is 4.79 Å². The molecule has 4 nitrogen and oxygen atoms in total. The molecule has 0 aliphatic carbocycles. The standard InChI is InChI=1S/C22H19BrClNO3/c1-14-3-5-15(6-4-14)13-28-21-19(24)11-16(12-20(21)27-2)22(26)25-18-9-7-17(23)8-10-18/h3-12H,13H2,1-2H3,(H,25,26). The van der Waals surface area contributed by atoms with Crippen molar-refractivity contribution in [3.8, 4) is 11.5 Å². The minimum Gasteiger partial charge on any atom is -0.493 e. The molecule has 3 aromatic rings. The molecule has 0 heterocycles. The number of amides is 1. The molecule has 0 saturated carbocycles. The van der Waals surface area contributed by atoms with E-state index in [4.69, 9.17) is 21.1 Å². The monoisotopic (exact) mass is 459 g/mol. The average molecular weight is 461 g/mol. The smallest absolute Gasteiger partial charge is 0.255 e. The maximum Gasteiger partial charge on any atom is 0.255 e. The van der Waals surface area contributed by atoms with Crippen molar-refractivity contribution < 1.29 is 14.3 Å². The number of aryl methyl sites for hydroxylation is 1. The number of carbonyl (C=O) groups is 1. The number of rotatable bonds is 6. The molecule has 6 heteroatoms. The van der Waals surface area contributed by atoms with Crippen LogP contribution in [0.2, 0.25) is 5.02 Å². The van der Waals surface area contributed by atoms with Crippen LogP contribution in [0.4, 0.5) is 5.69 Å². The van der Waals surface area contributed by atoms with Crippen molar-refractivity contribution in [1.82, 2.24) is 0 Å². The number of hydrogen-bond donors (Lipinski definition) is 1. The summed E-state index contributed by atoms with van der Waals surface area (Å²) in [6.07, 6.45) is 0. The topological polar surface area (TPSA) is 47.6 Å². The molecule has 0 bridgehead atoms. The highest BCUT2D eigenvalue weighted by atomic mass is 79.9. The second kappa shape index (κ2) is 9.13. The van der Waals surface area contributed by atoms with Gasteiger partial charge in [-0.2, -0.15) is 0 Å². The van der Waals surface area contributed by atoms with E-state index >= 15 is 0 Å². The first-order valence-corrected chi connectivity index (χ1v) is 9.76. The van der Waals surface area contributed by atoms with E-state index < -0.39 is 0 Å². The van der Waals surface area contributed by atoms with Gasteiger partial charge in [0.25, 0.3) is 5.91 Å². The van der Waals surface area contributed by atoms with Crippen LogP contribution in [0.1, 0.15) is 21.5 Å². The number of nitrogens with one attached hydrogen (secondary N) is 1. The molecule has 0 fully saturated rings. The first kappa shape index (κ1) is 20.2. The highest BCUT2D eigenvalue weighted by Crippen LogP contribution is 2.37. The maximum atomic E-state index is 12.6. The van der Waals surface area contributed by atoms with Crippen molar-refractivity contribution in [3.05, 3.63) is 86.8 Å². The molecule has 144 valence electrons. The third-order valence-electron chi connectivity index (χ3n) is 4.10. The highest BCUT2D eigenvalue weighted by Gasteiger charge is 2.16. The van der Waals surface area contributed by atoms with Crippen molar-refractivity contribution in [2.24, 2.45) is 0 Å². The maximum absolute atomic E-state index is 12.6. The van der Waals surface area contributed by atoms with Crippen molar-refractivity contribution in [3.63, 3.8) is 0 Å². The number of benzene rings is 3. The van der Waals surface area contributed by atoms with Crippen LogP contribution >= 0.6 is 27.5 Å². The number of carbonyl (C=O) groups excluding carboxylic acids is 1. The lowest BCUT2D eigenvalue weighted by atomic mass is 10.1. The Morgan fingerprint density at radius 3 is 2.39 bits per heavy atom. The van der Waals surface area contributed by atoms with E-state index in [0.29, 0.717) is 34.4 Å². The predicted octanol–water partition coefficient (Wildman–Crippen LogP) is 6.25. The molecule has 3 rings (SSSR count). The van der Waals surface area contributed by atoms with Crippen molar-refractivity contribution in [2.75, 3.05) is 12.4 Å². The van der Waals surface area contributed by atoms with Gasteiger partial charge < -0.3 is 14.8 Å². The fourth-order valence-corrected chi connectivity index (χ4v) is 3.10. The molecule has 0 aromatic heterocycles. The van der Waals surface area contributed by atoms with Gasteiger partial charge in [-0.05, 0) is 48.9 Å². The largest absolute Gasteiger partial charge is 0.493 e. The number of methoxy groups -OCH3 is 1. The van der Waals surface area contributed by atoms with E-state index in [2.05, 4.69) is 21.2 Å². The van der Waals surface area contributed by atoms with E-state index in [9.17, 15) is 4.79 Å². The minimum absolute atomic E-state index is 0.285. The van der Waals surface area contributed by atoms with E-state index in [0.717, 1.165) is 10.0 Å². The molecule has 1 amide bonds. The Balaban J connectivity index is 1.77. The predicted molar refractivity (Wildman–Crippen MR) is 116 cm³/mol. The molecule has 28 heavy (non-hydrogen) atoms. The van der Waals surface area contributed by atoms with Crippen LogP contribution in [0, 0.1) is 6.92 Å². The Morgan fingerprint density at radius 2 is 1.75 bits per heavy atom. The normalized spacial score (nSPS) is 10.4. The first-order valence-electron chi connectivity index (χ1n) is 8.59. The molecule has 0 aliphatic rings. The van der Waals surface area contributed by atoms with Crippen LogP contribution in [0.3, 0.4) is 0 Å². The minimum atomic E-state index is -0.285. The van der Waals surface area contributed by atoms with Gasteiger partial charge in [0, 0.05) is 15.7 Å². The lowest BCUT2D eigenvalue weighted by Gasteiger charge is -2.14. The highest BCUT2D eigenvalue weighted by molar-refractivity contribution is 9.10. The molecular formula is C22H19BrClNO3. The molecule has 0 spiro atoms. The van der Waals surface area contributed by atoms with E-state index in [1.807, 2.05) is 43.3 Å². The fraction of sp³-hybridized carbons (Fsp3) is 0.136. The molecule has 0 radical (unpaired) electrons. The number of halogens is 2. The lowest BCUT2D eigenvalue weighted by Crippen LogP contribution is -2.12. The molecular weight excluding hydrogens is 442 g/mol. The summed E-state index contributed by atoms with van der Waals surface area (Å²) in [6.45, 7) is 2.38. The molecule has 0 saturated heterocycles. The van der Waals surface area contributed by atoms with Crippen LogP contribution in [0.5, 0.6) is 11.5 Å². The zero-order valence-corrected chi connectivity index (χ0v) is 17.8. The summed E-state index contributed by atoms with van der Waals surface area (Å²) in [6, 6.07) is 18.5. The zero-order chi connectivity index (χ0) is 20.1. The summed E-state index contributed by atoms with van der Waals surface area (Å²) in [4.78, 5) is 12.6. The summed E-state index contributed by atoms with van der Waals surface area (Å²) in [5.41, 5.74) is 3.26. The van der Waals surface area contributed by atoms with Crippen LogP contribution in [0.15, 0.2) is 65.1 Å². The van der Waals surface area contributed by atoms with Gasteiger partial charge >= 0.3 is 0 Å². The fourth-order valence-electron chi connectivity index (χ4n) is 2.57. The summed E-state index contributed by atoms with van der Waals surface area (Å²) >= 11 is 9.75. The van der Waals surface area contributed by atoms with Gasteiger partial charge in [-0.15, -0.1) is 0 Å². The summed E-state index contributed by atoms with van der Waals surface area (Å²) in [5, 5.41) is 3.14. The zero-order valence-electron chi connectivity index (χ0n) is 15.5. The Bertz CT molecular complexity index is 972. The summed E-state index contributed by atoms with van der Waals surface area (Å²) in [5.74, 6) is 0.526. The molecule has 0 unspecified atom stereocenters. The van der Waals surface area contributed by atoms with Gasteiger partial charge in [-0.1, -0.05) is 57.4 Å². The SMILES string of the molecule is COc1cc(C(=O)Nc2ccc(Br)cc2)cc(Cl)c1OCc1ccc(C)cc1. The summed E-state index contributed by atoms with van der Waals surface area (Å²) < 4.78 is 12.2. The van der Waals surface area contributed by atoms with Crippen LogP contribution in [-0.4, -0.2) is 13.0 Å². The third kappa shape index (κ3) is 5.06. The Morgan fingerprint density at radius 1 is 1.07 bits per heavy atom. The van der Waals surface area contributed by atoms with Crippen molar-refractivity contribution in [2.45, 2.75) is 13.5 Å². The molecule has 1 N–H and O–H groups in total. The van der Waals surface area contributed by atoms with E-state index in [1.165, 1.54) is 12.7 Å². The van der Waals surface area contributed by atoms with Crippen LogP contribution in [-0.2, 0) is 6.61 Å². The molecule has 3 aromatic carbocycles. The van der Waals surface area contributed by atoms with Gasteiger partial charge in [-0.25, -0.2) is 0 Å². The summed E-state index contributed by atoms with van der Waals surface area (Å²) in [7, 11) is 1.51. The van der Waals surface area contributed by atoms with Crippen molar-refractivity contribution >= 4 is 39.1 Å². The Labute approximate surface area is 177 Å². The molecule has 0 aliphatic heterocycles. The Hall–Kier alpha value is -2.50. The number of ether oxygens (including phenoxy) is 2. The Kier molecular flexibility index (Phi) is 6.60. The number of anilines is 1. The van der Waals surface area contributed by atoms with E-state index in [1.54, 1.807) is 24.3 Å².